The molecule has 102 valence electrons. The Balaban J connectivity index is 2.72. The lowest BCUT2D eigenvalue weighted by molar-refractivity contribution is 0.530. The topological polar surface area (TPSA) is 46.2 Å². The molecule has 18 heavy (non-hydrogen) atoms. The molecule has 0 aliphatic carbocycles. The van der Waals surface area contributed by atoms with E-state index in [-0.39, 0.29) is 17.0 Å². The number of sulfone groups is 1. The van der Waals surface area contributed by atoms with Crippen LogP contribution in [0.2, 0.25) is 5.02 Å². The summed E-state index contributed by atoms with van der Waals surface area (Å²) in [7, 11) is -1.28. The van der Waals surface area contributed by atoms with Crippen LogP contribution in [0.4, 0.5) is 0 Å². The van der Waals surface area contributed by atoms with Gasteiger partial charge in [0.05, 0.1) is 11.0 Å². The molecule has 1 aromatic rings. The summed E-state index contributed by atoms with van der Waals surface area (Å²) in [5.41, 5.74) is 0.781. The predicted octanol–water partition coefficient (Wildman–Crippen LogP) is 2.64. The fraction of sp³-hybridized carbons (Fsp3) is 0.538. The molecule has 0 aliphatic rings. The second kappa shape index (κ2) is 6.55. The average molecular weight is 290 g/mol. The minimum absolute atomic E-state index is 0.0712. The van der Waals surface area contributed by atoms with E-state index < -0.39 is 9.84 Å². The fourth-order valence-electron chi connectivity index (χ4n) is 1.72. The highest BCUT2D eigenvalue weighted by Crippen LogP contribution is 2.17. The largest absolute Gasteiger partial charge is 0.317 e. The Morgan fingerprint density at radius 1 is 1.22 bits per heavy atom. The number of hydrogen-bond acceptors (Lipinski definition) is 3. The predicted molar refractivity (Wildman–Crippen MR) is 76.7 cm³/mol. The molecule has 5 heteroatoms. The molecule has 0 aliphatic heterocycles. The maximum Gasteiger partial charge on any atom is 0.157 e. The molecule has 0 fully saturated rings. The standard InChI is InChI=1S/C13H20ClNO2S/c1-10(15-3)8-11(2)18(16,17)9-12-4-6-13(14)7-5-12/h4-7,10-11,15H,8-9H2,1-3H3. The lowest BCUT2D eigenvalue weighted by Crippen LogP contribution is -2.30. The molecule has 0 aromatic heterocycles. The summed E-state index contributed by atoms with van der Waals surface area (Å²) in [5, 5.41) is 3.32. The molecule has 0 radical (unpaired) electrons. The van der Waals surface area contributed by atoms with E-state index in [1.165, 1.54) is 0 Å². The fourth-order valence-corrected chi connectivity index (χ4v) is 3.37. The molecule has 1 rings (SSSR count). The van der Waals surface area contributed by atoms with Gasteiger partial charge in [0.2, 0.25) is 0 Å². The van der Waals surface area contributed by atoms with Crippen LogP contribution >= 0.6 is 11.6 Å². The van der Waals surface area contributed by atoms with Gasteiger partial charge in [-0.25, -0.2) is 8.42 Å². The zero-order chi connectivity index (χ0) is 13.8. The van der Waals surface area contributed by atoms with E-state index in [9.17, 15) is 8.42 Å². The van der Waals surface area contributed by atoms with E-state index in [1.807, 2.05) is 14.0 Å². The molecule has 2 unspecified atom stereocenters. The third-order valence-electron chi connectivity index (χ3n) is 3.07. The Bertz CT molecular complexity index is 470. The summed E-state index contributed by atoms with van der Waals surface area (Å²) in [6, 6.07) is 7.14. The van der Waals surface area contributed by atoms with Gasteiger partial charge in [-0.15, -0.1) is 0 Å². The van der Waals surface area contributed by atoms with Crippen LogP contribution in [0.1, 0.15) is 25.8 Å². The van der Waals surface area contributed by atoms with Crippen LogP contribution in [0, 0.1) is 0 Å². The molecular weight excluding hydrogens is 270 g/mol. The van der Waals surface area contributed by atoms with Gasteiger partial charge in [-0.1, -0.05) is 23.7 Å². The highest BCUT2D eigenvalue weighted by atomic mass is 35.5. The van der Waals surface area contributed by atoms with Crippen LogP contribution in [0.25, 0.3) is 0 Å². The monoisotopic (exact) mass is 289 g/mol. The third-order valence-corrected chi connectivity index (χ3v) is 5.48. The Morgan fingerprint density at radius 3 is 2.28 bits per heavy atom. The summed E-state index contributed by atoms with van der Waals surface area (Å²) in [5.74, 6) is 0.0712. The van der Waals surface area contributed by atoms with Crippen molar-refractivity contribution < 1.29 is 8.42 Å². The maximum atomic E-state index is 12.2. The maximum absolute atomic E-state index is 12.2. The Labute approximate surface area is 114 Å². The lowest BCUT2D eigenvalue weighted by Gasteiger charge is -2.17. The van der Waals surface area contributed by atoms with Crippen molar-refractivity contribution in [2.24, 2.45) is 0 Å². The van der Waals surface area contributed by atoms with Crippen LogP contribution in [-0.4, -0.2) is 26.8 Å². The van der Waals surface area contributed by atoms with Crippen LogP contribution in [-0.2, 0) is 15.6 Å². The summed E-state index contributed by atoms with van der Waals surface area (Å²) < 4.78 is 24.4. The van der Waals surface area contributed by atoms with Crippen LogP contribution in [0.3, 0.4) is 0 Å². The number of halogens is 1. The first kappa shape index (κ1) is 15.5. The van der Waals surface area contributed by atoms with Crippen molar-refractivity contribution in [3.8, 4) is 0 Å². The highest BCUT2D eigenvalue weighted by Gasteiger charge is 2.22. The molecule has 0 spiro atoms. The van der Waals surface area contributed by atoms with Gasteiger partial charge in [-0.05, 0) is 45.0 Å². The first-order chi connectivity index (χ1) is 8.35. The van der Waals surface area contributed by atoms with Gasteiger partial charge in [0.1, 0.15) is 0 Å². The molecule has 3 nitrogen and oxygen atoms in total. The molecule has 0 heterocycles. The number of rotatable bonds is 6. The minimum Gasteiger partial charge on any atom is -0.317 e. The minimum atomic E-state index is -3.11. The van der Waals surface area contributed by atoms with Crippen molar-refractivity contribution in [1.29, 1.82) is 0 Å². The SMILES string of the molecule is CNC(C)CC(C)S(=O)(=O)Cc1ccc(Cl)cc1. The van der Waals surface area contributed by atoms with E-state index in [2.05, 4.69) is 5.32 Å². The summed E-state index contributed by atoms with van der Waals surface area (Å²) in [6.07, 6.45) is 0.617. The molecule has 1 aromatic carbocycles. The van der Waals surface area contributed by atoms with E-state index >= 15 is 0 Å². The number of nitrogens with one attached hydrogen (secondary N) is 1. The van der Waals surface area contributed by atoms with Gasteiger partial charge in [-0.2, -0.15) is 0 Å². The van der Waals surface area contributed by atoms with Crippen molar-refractivity contribution in [1.82, 2.24) is 5.32 Å². The summed E-state index contributed by atoms with van der Waals surface area (Å²) in [6.45, 7) is 3.74. The normalized spacial score (nSPS) is 15.3. The van der Waals surface area contributed by atoms with E-state index in [4.69, 9.17) is 11.6 Å². The average Bonchev–Trinajstić information content (AvgIpc) is 2.31. The van der Waals surface area contributed by atoms with Gasteiger partial charge >= 0.3 is 0 Å². The van der Waals surface area contributed by atoms with Gasteiger partial charge in [0.15, 0.2) is 9.84 Å². The van der Waals surface area contributed by atoms with Crippen molar-refractivity contribution in [3.05, 3.63) is 34.9 Å². The van der Waals surface area contributed by atoms with Crippen LogP contribution < -0.4 is 5.32 Å². The Hall–Kier alpha value is -0.580. The second-order valence-electron chi connectivity index (χ2n) is 4.67. The molecule has 0 bridgehead atoms. The third kappa shape index (κ3) is 4.59. The summed E-state index contributed by atoms with van der Waals surface area (Å²) in [4.78, 5) is 0. The van der Waals surface area contributed by atoms with Crippen molar-refractivity contribution >= 4 is 21.4 Å². The smallest absolute Gasteiger partial charge is 0.157 e. The number of hydrogen-bond donors (Lipinski definition) is 1. The first-order valence-electron chi connectivity index (χ1n) is 5.98. The lowest BCUT2D eigenvalue weighted by atomic mass is 10.2. The zero-order valence-corrected chi connectivity index (χ0v) is 12.6. The Kier molecular flexibility index (Phi) is 5.63. The zero-order valence-electron chi connectivity index (χ0n) is 11.0. The van der Waals surface area contributed by atoms with Gasteiger partial charge in [-0.3, -0.25) is 0 Å². The molecule has 2 atom stereocenters. The number of benzene rings is 1. The van der Waals surface area contributed by atoms with E-state index in [1.54, 1.807) is 31.2 Å². The van der Waals surface area contributed by atoms with Gasteiger partial charge in [0, 0.05) is 11.1 Å². The van der Waals surface area contributed by atoms with E-state index in [0.717, 1.165) is 5.56 Å². The van der Waals surface area contributed by atoms with Crippen molar-refractivity contribution in [3.63, 3.8) is 0 Å². The molecule has 1 N–H and O–H groups in total. The van der Waals surface area contributed by atoms with Crippen LogP contribution in [0.15, 0.2) is 24.3 Å². The van der Waals surface area contributed by atoms with Gasteiger partial charge in [0.25, 0.3) is 0 Å². The van der Waals surface area contributed by atoms with Crippen LogP contribution in [0.5, 0.6) is 0 Å². The van der Waals surface area contributed by atoms with Gasteiger partial charge < -0.3 is 5.32 Å². The quantitative estimate of drug-likeness (QED) is 0.876. The first-order valence-corrected chi connectivity index (χ1v) is 8.07. The second-order valence-corrected chi connectivity index (χ2v) is 7.53. The Morgan fingerprint density at radius 2 is 1.78 bits per heavy atom. The molecule has 0 amide bonds. The highest BCUT2D eigenvalue weighted by molar-refractivity contribution is 7.91. The van der Waals surface area contributed by atoms with E-state index in [0.29, 0.717) is 11.4 Å². The molecular formula is C13H20ClNO2S. The van der Waals surface area contributed by atoms with Crippen molar-refractivity contribution in [2.45, 2.75) is 37.3 Å². The molecule has 0 saturated heterocycles. The van der Waals surface area contributed by atoms with Crippen molar-refractivity contribution in [2.75, 3.05) is 7.05 Å². The molecule has 0 saturated carbocycles. The summed E-state index contributed by atoms with van der Waals surface area (Å²) >= 11 is 5.78.